The SMILES string of the molecule is CCCCC(=O)Nc1ccc(S(=O)(=O)N2CCCC2)c(OC)c1. The highest BCUT2D eigenvalue weighted by molar-refractivity contribution is 7.89. The summed E-state index contributed by atoms with van der Waals surface area (Å²) in [7, 11) is -2.11. The van der Waals surface area contributed by atoms with Crippen molar-refractivity contribution in [2.45, 2.75) is 43.9 Å². The van der Waals surface area contributed by atoms with E-state index < -0.39 is 10.0 Å². The Morgan fingerprint density at radius 3 is 2.61 bits per heavy atom. The van der Waals surface area contributed by atoms with Crippen molar-refractivity contribution in [1.29, 1.82) is 0 Å². The second-order valence-electron chi connectivity index (χ2n) is 5.63. The summed E-state index contributed by atoms with van der Waals surface area (Å²) in [6, 6.07) is 4.67. The number of carbonyl (C=O) groups excluding carboxylic acids is 1. The van der Waals surface area contributed by atoms with Crippen molar-refractivity contribution in [1.82, 2.24) is 4.31 Å². The summed E-state index contributed by atoms with van der Waals surface area (Å²) >= 11 is 0. The number of carbonyl (C=O) groups is 1. The maximum Gasteiger partial charge on any atom is 0.246 e. The van der Waals surface area contributed by atoms with Gasteiger partial charge < -0.3 is 10.1 Å². The number of nitrogens with zero attached hydrogens (tertiary/aromatic N) is 1. The second-order valence-corrected chi connectivity index (χ2v) is 7.53. The Kier molecular flexibility index (Phi) is 6.01. The van der Waals surface area contributed by atoms with Gasteiger partial charge in [-0.25, -0.2) is 8.42 Å². The van der Waals surface area contributed by atoms with Gasteiger partial charge in [0.2, 0.25) is 15.9 Å². The molecule has 1 aliphatic rings. The lowest BCUT2D eigenvalue weighted by Crippen LogP contribution is -2.28. The average molecular weight is 340 g/mol. The van der Waals surface area contributed by atoms with Crippen LogP contribution in [0.25, 0.3) is 0 Å². The first kappa shape index (κ1) is 17.7. The molecule has 0 bridgehead atoms. The second kappa shape index (κ2) is 7.79. The molecule has 0 atom stereocenters. The van der Waals surface area contributed by atoms with Gasteiger partial charge in [0.1, 0.15) is 10.6 Å². The van der Waals surface area contributed by atoms with Crippen molar-refractivity contribution < 1.29 is 17.9 Å². The van der Waals surface area contributed by atoms with E-state index in [1.807, 2.05) is 6.92 Å². The summed E-state index contributed by atoms with van der Waals surface area (Å²) in [5, 5.41) is 2.77. The highest BCUT2D eigenvalue weighted by Crippen LogP contribution is 2.31. The molecule has 0 radical (unpaired) electrons. The van der Waals surface area contributed by atoms with Gasteiger partial charge in [-0.05, 0) is 31.4 Å². The van der Waals surface area contributed by atoms with Crippen LogP contribution in [0.15, 0.2) is 23.1 Å². The van der Waals surface area contributed by atoms with Crippen LogP contribution < -0.4 is 10.1 Å². The van der Waals surface area contributed by atoms with E-state index in [-0.39, 0.29) is 16.6 Å². The Labute approximate surface area is 137 Å². The van der Waals surface area contributed by atoms with Gasteiger partial charge in [0.05, 0.1) is 7.11 Å². The van der Waals surface area contributed by atoms with E-state index in [4.69, 9.17) is 4.74 Å². The van der Waals surface area contributed by atoms with Crippen LogP contribution in [0.5, 0.6) is 5.75 Å². The van der Waals surface area contributed by atoms with E-state index in [2.05, 4.69) is 5.32 Å². The predicted octanol–water partition coefficient (Wildman–Crippen LogP) is 2.61. The fraction of sp³-hybridized carbons (Fsp3) is 0.562. The minimum Gasteiger partial charge on any atom is -0.495 e. The number of anilines is 1. The fourth-order valence-corrected chi connectivity index (χ4v) is 4.24. The van der Waals surface area contributed by atoms with Gasteiger partial charge in [0.25, 0.3) is 0 Å². The molecule has 1 aromatic rings. The molecule has 0 saturated carbocycles. The monoisotopic (exact) mass is 340 g/mol. The quantitative estimate of drug-likeness (QED) is 0.828. The molecule has 128 valence electrons. The van der Waals surface area contributed by atoms with E-state index >= 15 is 0 Å². The van der Waals surface area contributed by atoms with Crippen molar-refractivity contribution >= 4 is 21.6 Å². The third-order valence-corrected chi connectivity index (χ3v) is 5.83. The molecule has 0 spiro atoms. The van der Waals surface area contributed by atoms with E-state index in [0.717, 1.165) is 25.7 Å². The number of rotatable bonds is 7. The molecule has 1 aromatic carbocycles. The Hall–Kier alpha value is -1.60. The molecule has 23 heavy (non-hydrogen) atoms. The molecule has 0 aromatic heterocycles. The summed E-state index contributed by atoms with van der Waals surface area (Å²) in [6.45, 7) is 3.11. The third-order valence-electron chi connectivity index (χ3n) is 3.89. The molecule has 6 nitrogen and oxygen atoms in total. The molecule has 1 fully saturated rings. The zero-order chi connectivity index (χ0) is 16.9. The Bertz CT molecular complexity index is 652. The highest BCUT2D eigenvalue weighted by atomic mass is 32.2. The van der Waals surface area contributed by atoms with Crippen LogP contribution in [0.1, 0.15) is 39.0 Å². The standard InChI is InChI=1S/C16H24N2O4S/c1-3-4-7-16(19)17-13-8-9-15(14(12-13)22-2)23(20,21)18-10-5-6-11-18/h8-9,12H,3-7,10-11H2,1-2H3,(H,17,19). The molecule has 0 unspecified atom stereocenters. The largest absolute Gasteiger partial charge is 0.495 e. The zero-order valence-corrected chi connectivity index (χ0v) is 14.5. The topological polar surface area (TPSA) is 75.7 Å². The normalized spacial score (nSPS) is 15.6. The molecular formula is C16H24N2O4S. The molecule has 1 saturated heterocycles. The lowest BCUT2D eigenvalue weighted by Gasteiger charge is -2.18. The van der Waals surface area contributed by atoms with Crippen molar-refractivity contribution in [3.63, 3.8) is 0 Å². The first-order chi connectivity index (χ1) is 11.0. The minimum absolute atomic E-state index is 0.0796. The summed E-state index contributed by atoms with van der Waals surface area (Å²) in [5.41, 5.74) is 0.545. The van der Waals surface area contributed by atoms with Gasteiger partial charge in [-0.2, -0.15) is 4.31 Å². The first-order valence-electron chi connectivity index (χ1n) is 7.97. The molecule has 0 aliphatic carbocycles. The molecular weight excluding hydrogens is 316 g/mol. The van der Waals surface area contributed by atoms with E-state index in [1.54, 1.807) is 12.1 Å². The Morgan fingerprint density at radius 1 is 1.30 bits per heavy atom. The average Bonchev–Trinajstić information content (AvgIpc) is 3.07. The van der Waals surface area contributed by atoms with Crippen molar-refractivity contribution in [3.05, 3.63) is 18.2 Å². The maximum absolute atomic E-state index is 12.6. The lowest BCUT2D eigenvalue weighted by molar-refractivity contribution is -0.116. The van der Waals surface area contributed by atoms with Crippen LogP contribution in [0, 0.1) is 0 Å². The number of ether oxygens (including phenoxy) is 1. The molecule has 1 amide bonds. The van der Waals surface area contributed by atoms with Gasteiger partial charge >= 0.3 is 0 Å². The molecule has 1 N–H and O–H groups in total. The number of unbranched alkanes of at least 4 members (excludes halogenated alkanes) is 1. The third kappa shape index (κ3) is 4.23. The van der Waals surface area contributed by atoms with Crippen LogP contribution in [0.3, 0.4) is 0 Å². The number of nitrogens with one attached hydrogen (secondary N) is 1. The first-order valence-corrected chi connectivity index (χ1v) is 9.41. The number of sulfonamides is 1. The van der Waals surface area contributed by atoms with E-state index in [1.165, 1.54) is 17.5 Å². The summed E-state index contributed by atoms with van der Waals surface area (Å²) < 4.78 is 32.0. The van der Waals surface area contributed by atoms with Crippen LogP contribution >= 0.6 is 0 Å². The molecule has 7 heteroatoms. The summed E-state index contributed by atoms with van der Waals surface area (Å²) in [6.07, 6.45) is 3.99. The number of hydrogen-bond donors (Lipinski definition) is 1. The van der Waals surface area contributed by atoms with Crippen molar-refractivity contribution in [2.75, 3.05) is 25.5 Å². The van der Waals surface area contributed by atoms with Crippen LogP contribution in [-0.2, 0) is 14.8 Å². The zero-order valence-electron chi connectivity index (χ0n) is 13.7. The molecule has 2 rings (SSSR count). The summed E-state index contributed by atoms with van der Waals surface area (Å²) in [5.74, 6) is 0.175. The number of methoxy groups -OCH3 is 1. The van der Waals surface area contributed by atoms with Gasteiger partial charge in [-0.3, -0.25) is 4.79 Å². The van der Waals surface area contributed by atoms with E-state index in [9.17, 15) is 13.2 Å². The predicted molar refractivity (Wildman–Crippen MR) is 89.1 cm³/mol. The minimum atomic E-state index is -3.55. The van der Waals surface area contributed by atoms with Gasteiger partial charge in [-0.15, -0.1) is 0 Å². The molecule has 1 heterocycles. The lowest BCUT2D eigenvalue weighted by atomic mass is 10.2. The fourth-order valence-electron chi connectivity index (χ4n) is 2.59. The maximum atomic E-state index is 12.6. The van der Waals surface area contributed by atoms with Gasteiger partial charge in [0.15, 0.2) is 0 Å². The van der Waals surface area contributed by atoms with E-state index in [0.29, 0.717) is 25.2 Å². The Morgan fingerprint density at radius 2 is 2.00 bits per heavy atom. The van der Waals surface area contributed by atoms with Gasteiger partial charge in [0, 0.05) is 31.3 Å². The summed E-state index contributed by atoms with van der Waals surface area (Å²) in [4.78, 5) is 11.9. The Balaban J connectivity index is 2.21. The van der Waals surface area contributed by atoms with Crippen molar-refractivity contribution in [2.24, 2.45) is 0 Å². The van der Waals surface area contributed by atoms with Crippen LogP contribution in [-0.4, -0.2) is 38.8 Å². The molecule has 1 aliphatic heterocycles. The van der Waals surface area contributed by atoms with Gasteiger partial charge in [-0.1, -0.05) is 13.3 Å². The number of amides is 1. The van der Waals surface area contributed by atoms with Crippen LogP contribution in [0.2, 0.25) is 0 Å². The van der Waals surface area contributed by atoms with Crippen molar-refractivity contribution in [3.8, 4) is 5.75 Å². The highest BCUT2D eigenvalue weighted by Gasteiger charge is 2.30. The van der Waals surface area contributed by atoms with Crippen LogP contribution in [0.4, 0.5) is 5.69 Å². The number of benzene rings is 1. The smallest absolute Gasteiger partial charge is 0.246 e. The number of hydrogen-bond acceptors (Lipinski definition) is 4.